The lowest BCUT2D eigenvalue weighted by molar-refractivity contribution is 0.574. The number of aromatic nitrogens is 2. The first-order valence-corrected chi connectivity index (χ1v) is 6.66. The summed E-state index contributed by atoms with van der Waals surface area (Å²) < 4.78 is 7.44. The van der Waals surface area contributed by atoms with E-state index in [1.165, 1.54) is 0 Å². The first-order valence-electron chi connectivity index (χ1n) is 6.66. The smallest absolute Gasteiger partial charge is 0.176 e. The molecule has 0 N–H and O–H groups in total. The van der Waals surface area contributed by atoms with Gasteiger partial charge in [-0.2, -0.15) is 5.26 Å². The van der Waals surface area contributed by atoms with E-state index in [1.807, 2.05) is 35.9 Å². The van der Waals surface area contributed by atoms with Gasteiger partial charge in [0.2, 0.25) is 0 Å². The third-order valence-electron chi connectivity index (χ3n) is 4.14. The van der Waals surface area contributed by atoms with Gasteiger partial charge >= 0.3 is 0 Å². The van der Waals surface area contributed by atoms with Gasteiger partial charge in [-0.3, -0.25) is 0 Å². The van der Waals surface area contributed by atoms with Crippen molar-refractivity contribution in [1.29, 1.82) is 5.26 Å². The average molecular weight is 263 g/mol. The maximum atomic E-state index is 9.32. The van der Waals surface area contributed by atoms with E-state index in [1.54, 1.807) is 6.26 Å². The van der Waals surface area contributed by atoms with Crippen LogP contribution in [0.4, 0.5) is 0 Å². The van der Waals surface area contributed by atoms with E-state index in [0.717, 1.165) is 41.0 Å². The van der Waals surface area contributed by atoms with E-state index < -0.39 is 0 Å². The second-order valence-electron chi connectivity index (χ2n) is 5.37. The highest BCUT2D eigenvalue weighted by Crippen LogP contribution is 2.48. The minimum atomic E-state index is -0.261. The first kappa shape index (κ1) is 11.3. The van der Waals surface area contributed by atoms with Crippen LogP contribution in [0.2, 0.25) is 0 Å². The normalized spacial score (nSPS) is 16.2. The summed E-state index contributed by atoms with van der Waals surface area (Å²) in [6, 6.07) is 12.3. The van der Waals surface area contributed by atoms with Crippen LogP contribution < -0.4 is 0 Å². The summed E-state index contributed by atoms with van der Waals surface area (Å²) in [4.78, 5) is 4.61. The van der Waals surface area contributed by atoms with Crippen LogP contribution in [0.3, 0.4) is 0 Å². The summed E-state index contributed by atoms with van der Waals surface area (Å²) in [5, 5.41) is 9.32. The number of imidazole rings is 1. The molecule has 4 rings (SSSR count). The molecule has 0 radical (unpaired) electrons. The Morgan fingerprint density at radius 1 is 1.35 bits per heavy atom. The zero-order chi connectivity index (χ0) is 13.7. The number of fused-ring (bicyclic) bond motifs is 1. The highest BCUT2D eigenvalue weighted by molar-refractivity contribution is 5.81. The number of rotatable bonds is 2. The van der Waals surface area contributed by atoms with Crippen LogP contribution in [-0.2, 0) is 12.5 Å². The highest BCUT2D eigenvalue weighted by Gasteiger charge is 2.45. The molecule has 1 fully saturated rings. The van der Waals surface area contributed by atoms with Crippen molar-refractivity contribution in [1.82, 2.24) is 9.55 Å². The molecular weight excluding hydrogens is 250 g/mol. The summed E-state index contributed by atoms with van der Waals surface area (Å²) >= 11 is 0. The Morgan fingerprint density at radius 3 is 2.85 bits per heavy atom. The molecule has 2 heterocycles. The molecule has 0 amide bonds. The van der Waals surface area contributed by atoms with Crippen molar-refractivity contribution in [3.63, 3.8) is 0 Å². The molecule has 0 unspecified atom stereocenters. The lowest BCUT2D eigenvalue weighted by Gasteiger charge is -2.06. The van der Waals surface area contributed by atoms with E-state index in [-0.39, 0.29) is 5.41 Å². The van der Waals surface area contributed by atoms with Gasteiger partial charge in [0.05, 0.1) is 28.8 Å². The number of aryl methyl sites for hydroxylation is 1. The van der Waals surface area contributed by atoms with E-state index >= 15 is 0 Å². The van der Waals surface area contributed by atoms with E-state index in [0.29, 0.717) is 0 Å². The monoisotopic (exact) mass is 263 g/mol. The third-order valence-corrected chi connectivity index (χ3v) is 4.14. The Kier molecular flexibility index (Phi) is 2.11. The second-order valence-corrected chi connectivity index (χ2v) is 5.37. The summed E-state index contributed by atoms with van der Waals surface area (Å²) in [6.45, 7) is 0. The zero-order valence-electron chi connectivity index (χ0n) is 11.1. The lowest BCUT2D eigenvalue weighted by atomic mass is 9.97. The van der Waals surface area contributed by atoms with Crippen LogP contribution in [0.1, 0.15) is 18.4 Å². The minimum absolute atomic E-state index is 0.261. The van der Waals surface area contributed by atoms with Crippen LogP contribution in [0.5, 0.6) is 0 Å². The molecule has 1 aliphatic carbocycles. The van der Waals surface area contributed by atoms with Crippen molar-refractivity contribution < 1.29 is 4.42 Å². The number of hydrogen-bond donors (Lipinski definition) is 0. The standard InChI is InChI=1S/C16H13N3O/c1-19-13-9-11(16(10-17)6-7-16)4-5-12(13)18-15(19)14-3-2-8-20-14/h2-5,8-9H,6-7H2,1H3. The van der Waals surface area contributed by atoms with Crippen molar-refractivity contribution in [3.05, 3.63) is 42.2 Å². The molecular formula is C16H13N3O. The molecule has 0 aliphatic heterocycles. The average Bonchev–Trinajstić information content (AvgIpc) is 2.95. The van der Waals surface area contributed by atoms with Crippen molar-refractivity contribution in [2.45, 2.75) is 18.3 Å². The third kappa shape index (κ3) is 1.44. The molecule has 0 atom stereocenters. The first-order chi connectivity index (χ1) is 9.73. The van der Waals surface area contributed by atoms with Crippen molar-refractivity contribution in [2.75, 3.05) is 0 Å². The molecule has 3 aromatic rings. The topological polar surface area (TPSA) is 54.8 Å². The second kappa shape index (κ2) is 3.73. The fourth-order valence-corrected chi connectivity index (χ4v) is 2.70. The summed E-state index contributed by atoms with van der Waals surface area (Å²) in [7, 11) is 1.98. The van der Waals surface area contributed by atoms with Gasteiger partial charge in [-0.05, 0) is 42.7 Å². The predicted molar refractivity (Wildman–Crippen MR) is 74.9 cm³/mol. The van der Waals surface area contributed by atoms with Crippen LogP contribution in [-0.4, -0.2) is 9.55 Å². The Balaban J connectivity index is 1.92. The molecule has 2 aromatic heterocycles. The van der Waals surface area contributed by atoms with Gasteiger partial charge in [0.15, 0.2) is 11.6 Å². The quantitative estimate of drug-likeness (QED) is 0.712. The predicted octanol–water partition coefficient (Wildman–Crippen LogP) is 3.39. The fraction of sp³-hybridized carbons (Fsp3) is 0.250. The Labute approximate surface area is 116 Å². The van der Waals surface area contributed by atoms with E-state index in [4.69, 9.17) is 4.42 Å². The molecule has 0 spiro atoms. The Bertz CT molecular complexity index is 833. The van der Waals surface area contributed by atoms with Crippen LogP contribution in [0.15, 0.2) is 41.0 Å². The van der Waals surface area contributed by atoms with Gasteiger partial charge in [0.1, 0.15) is 0 Å². The van der Waals surface area contributed by atoms with Gasteiger partial charge in [-0.1, -0.05) is 6.07 Å². The molecule has 4 heteroatoms. The molecule has 4 nitrogen and oxygen atoms in total. The van der Waals surface area contributed by atoms with E-state index in [2.05, 4.69) is 17.1 Å². The van der Waals surface area contributed by atoms with Crippen LogP contribution >= 0.6 is 0 Å². The molecule has 1 saturated carbocycles. The van der Waals surface area contributed by atoms with Crippen molar-refractivity contribution in [2.24, 2.45) is 7.05 Å². The highest BCUT2D eigenvalue weighted by atomic mass is 16.3. The number of nitriles is 1. The number of hydrogen-bond acceptors (Lipinski definition) is 3. The molecule has 20 heavy (non-hydrogen) atoms. The Hall–Kier alpha value is -2.54. The summed E-state index contributed by atoms with van der Waals surface area (Å²) in [6.07, 6.45) is 3.56. The fourth-order valence-electron chi connectivity index (χ4n) is 2.70. The number of benzene rings is 1. The maximum absolute atomic E-state index is 9.32. The maximum Gasteiger partial charge on any atom is 0.176 e. The molecule has 1 aliphatic rings. The van der Waals surface area contributed by atoms with E-state index in [9.17, 15) is 5.26 Å². The van der Waals surface area contributed by atoms with Gasteiger partial charge in [-0.15, -0.1) is 0 Å². The van der Waals surface area contributed by atoms with Crippen LogP contribution in [0.25, 0.3) is 22.6 Å². The largest absolute Gasteiger partial charge is 0.461 e. The number of furan rings is 1. The van der Waals surface area contributed by atoms with Gasteiger partial charge in [0, 0.05) is 7.05 Å². The molecule has 98 valence electrons. The summed E-state index contributed by atoms with van der Waals surface area (Å²) in [5.74, 6) is 1.57. The van der Waals surface area contributed by atoms with Gasteiger partial charge in [0.25, 0.3) is 0 Å². The van der Waals surface area contributed by atoms with Crippen molar-refractivity contribution >= 4 is 11.0 Å². The Morgan fingerprint density at radius 2 is 2.20 bits per heavy atom. The zero-order valence-corrected chi connectivity index (χ0v) is 11.1. The number of nitrogens with zero attached hydrogens (tertiary/aromatic N) is 3. The van der Waals surface area contributed by atoms with Crippen LogP contribution in [0, 0.1) is 11.3 Å². The minimum Gasteiger partial charge on any atom is -0.461 e. The summed E-state index contributed by atoms with van der Waals surface area (Å²) in [5.41, 5.74) is 2.80. The van der Waals surface area contributed by atoms with Gasteiger partial charge < -0.3 is 8.98 Å². The molecule has 0 saturated heterocycles. The SMILES string of the molecule is Cn1c(-c2ccco2)nc2ccc(C3(C#N)CC3)cc21. The molecule has 0 bridgehead atoms. The lowest BCUT2D eigenvalue weighted by Crippen LogP contribution is -2.02. The van der Waals surface area contributed by atoms with Crippen molar-refractivity contribution in [3.8, 4) is 17.7 Å². The molecule has 1 aromatic carbocycles. The van der Waals surface area contributed by atoms with Gasteiger partial charge in [-0.25, -0.2) is 4.98 Å².